The van der Waals surface area contributed by atoms with Gasteiger partial charge in [-0.15, -0.1) is 0 Å². The number of benzene rings is 3. The number of ether oxygens (including phenoxy) is 2. The SMILES string of the molecule is COc1ccc(-c2nc(C(C)=O)cn2-c2ccc(OCc3ccccc3)cc2)cc1. The molecule has 4 aromatic rings. The molecule has 0 spiro atoms. The van der Waals surface area contributed by atoms with E-state index >= 15 is 0 Å². The van der Waals surface area contributed by atoms with Crippen LogP contribution < -0.4 is 9.47 Å². The van der Waals surface area contributed by atoms with Crippen LogP contribution in [0.2, 0.25) is 0 Å². The highest BCUT2D eigenvalue weighted by molar-refractivity contribution is 5.92. The minimum absolute atomic E-state index is 0.0775. The molecule has 0 amide bonds. The minimum Gasteiger partial charge on any atom is -0.497 e. The fourth-order valence-electron chi connectivity index (χ4n) is 3.13. The van der Waals surface area contributed by atoms with E-state index in [0.717, 1.165) is 28.3 Å². The summed E-state index contributed by atoms with van der Waals surface area (Å²) in [5, 5.41) is 0. The summed E-state index contributed by atoms with van der Waals surface area (Å²) in [5.74, 6) is 2.16. The first-order chi connectivity index (χ1) is 14.6. The summed E-state index contributed by atoms with van der Waals surface area (Å²) in [6.45, 7) is 2.03. The number of Topliss-reactive ketones (excluding diaryl/α,β-unsaturated/α-hetero) is 1. The van der Waals surface area contributed by atoms with Gasteiger partial charge < -0.3 is 9.47 Å². The first-order valence-electron chi connectivity index (χ1n) is 9.66. The predicted octanol–water partition coefficient (Wildman–Crippen LogP) is 5.33. The van der Waals surface area contributed by atoms with Gasteiger partial charge in [0.1, 0.15) is 29.6 Å². The normalized spacial score (nSPS) is 10.6. The van der Waals surface area contributed by atoms with Gasteiger partial charge in [-0.05, 0) is 54.1 Å². The number of hydrogen-bond donors (Lipinski definition) is 0. The van der Waals surface area contributed by atoms with Gasteiger partial charge in [-0.3, -0.25) is 9.36 Å². The summed E-state index contributed by atoms with van der Waals surface area (Å²) in [4.78, 5) is 16.5. The van der Waals surface area contributed by atoms with E-state index in [1.807, 2.05) is 83.4 Å². The molecule has 0 aliphatic heterocycles. The molecule has 0 aliphatic carbocycles. The maximum Gasteiger partial charge on any atom is 0.179 e. The molecule has 0 N–H and O–H groups in total. The van der Waals surface area contributed by atoms with Crippen molar-refractivity contribution < 1.29 is 14.3 Å². The first-order valence-corrected chi connectivity index (χ1v) is 9.66. The van der Waals surface area contributed by atoms with E-state index in [2.05, 4.69) is 4.98 Å². The molecule has 0 unspecified atom stereocenters. The van der Waals surface area contributed by atoms with E-state index in [4.69, 9.17) is 9.47 Å². The fraction of sp³-hybridized carbons (Fsp3) is 0.120. The summed E-state index contributed by atoms with van der Waals surface area (Å²) in [6.07, 6.45) is 1.77. The van der Waals surface area contributed by atoms with Gasteiger partial charge in [0.15, 0.2) is 5.78 Å². The van der Waals surface area contributed by atoms with Crippen molar-refractivity contribution >= 4 is 5.78 Å². The topological polar surface area (TPSA) is 53.3 Å². The van der Waals surface area contributed by atoms with Crippen LogP contribution in [0.3, 0.4) is 0 Å². The predicted molar refractivity (Wildman–Crippen MR) is 116 cm³/mol. The zero-order chi connectivity index (χ0) is 20.9. The van der Waals surface area contributed by atoms with Crippen molar-refractivity contribution in [2.75, 3.05) is 7.11 Å². The number of ketones is 1. The van der Waals surface area contributed by atoms with Crippen LogP contribution in [0.5, 0.6) is 11.5 Å². The van der Waals surface area contributed by atoms with Gasteiger partial charge in [-0.1, -0.05) is 30.3 Å². The lowest BCUT2D eigenvalue weighted by Gasteiger charge is -2.10. The molecule has 0 saturated carbocycles. The van der Waals surface area contributed by atoms with Gasteiger partial charge in [0, 0.05) is 24.4 Å². The molecule has 3 aromatic carbocycles. The van der Waals surface area contributed by atoms with Crippen molar-refractivity contribution in [1.29, 1.82) is 0 Å². The number of carbonyl (C=O) groups excluding carboxylic acids is 1. The van der Waals surface area contributed by atoms with E-state index in [1.54, 1.807) is 13.3 Å². The lowest BCUT2D eigenvalue weighted by molar-refractivity contribution is 0.101. The molecule has 0 fully saturated rings. The van der Waals surface area contributed by atoms with Gasteiger partial charge in [0.25, 0.3) is 0 Å². The van der Waals surface area contributed by atoms with E-state index in [1.165, 1.54) is 6.92 Å². The van der Waals surface area contributed by atoms with Gasteiger partial charge in [-0.2, -0.15) is 0 Å². The second-order valence-corrected chi connectivity index (χ2v) is 6.87. The number of aromatic nitrogens is 2. The van der Waals surface area contributed by atoms with Crippen molar-refractivity contribution in [2.24, 2.45) is 0 Å². The van der Waals surface area contributed by atoms with Crippen LogP contribution >= 0.6 is 0 Å². The molecule has 4 rings (SSSR count). The monoisotopic (exact) mass is 398 g/mol. The molecule has 0 radical (unpaired) electrons. The fourth-order valence-corrected chi connectivity index (χ4v) is 3.13. The lowest BCUT2D eigenvalue weighted by Crippen LogP contribution is -1.98. The Balaban J connectivity index is 1.61. The zero-order valence-corrected chi connectivity index (χ0v) is 16.9. The Labute approximate surface area is 175 Å². The maximum atomic E-state index is 11.9. The largest absolute Gasteiger partial charge is 0.497 e. The molecule has 1 aromatic heterocycles. The molecule has 0 aliphatic rings. The standard InChI is InChI=1S/C25H22N2O3/c1-18(28)24-16-27(25(26-24)20-8-12-22(29-2)13-9-20)21-10-14-23(15-11-21)30-17-19-6-4-3-5-7-19/h3-16H,17H2,1-2H3. The summed E-state index contributed by atoms with van der Waals surface area (Å²) in [5.41, 5.74) is 3.33. The van der Waals surface area contributed by atoms with Crippen molar-refractivity contribution in [1.82, 2.24) is 9.55 Å². The summed E-state index contributed by atoms with van der Waals surface area (Å²) >= 11 is 0. The Morgan fingerprint density at radius 3 is 2.20 bits per heavy atom. The van der Waals surface area contributed by atoms with E-state index in [-0.39, 0.29) is 5.78 Å². The molecule has 1 heterocycles. The third-order valence-corrected chi connectivity index (χ3v) is 4.78. The Bertz CT molecular complexity index is 1130. The number of imidazole rings is 1. The maximum absolute atomic E-state index is 11.9. The number of carbonyl (C=O) groups is 1. The number of hydrogen-bond acceptors (Lipinski definition) is 4. The Morgan fingerprint density at radius 1 is 0.900 bits per heavy atom. The number of rotatable bonds is 7. The van der Waals surface area contributed by atoms with Gasteiger partial charge in [0.05, 0.1) is 7.11 Å². The molecule has 150 valence electrons. The third-order valence-electron chi connectivity index (χ3n) is 4.78. The van der Waals surface area contributed by atoms with Gasteiger partial charge in [0.2, 0.25) is 0 Å². The van der Waals surface area contributed by atoms with Crippen LogP contribution in [0.4, 0.5) is 0 Å². The average Bonchev–Trinajstić information content (AvgIpc) is 3.25. The molecule has 0 atom stereocenters. The zero-order valence-electron chi connectivity index (χ0n) is 16.9. The van der Waals surface area contributed by atoms with Crippen LogP contribution in [0.25, 0.3) is 17.1 Å². The smallest absolute Gasteiger partial charge is 0.179 e. The van der Waals surface area contributed by atoms with Gasteiger partial charge >= 0.3 is 0 Å². The summed E-state index contributed by atoms with van der Waals surface area (Å²) in [6, 6.07) is 25.4. The van der Waals surface area contributed by atoms with Crippen molar-refractivity contribution in [3.8, 4) is 28.6 Å². The lowest BCUT2D eigenvalue weighted by atomic mass is 10.2. The Hall–Kier alpha value is -3.86. The van der Waals surface area contributed by atoms with E-state index < -0.39 is 0 Å². The number of nitrogens with zero attached hydrogens (tertiary/aromatic N) is 2. The van der Waals surface area contributed by atoms with Crippen molar-refractivity contribution in [3.05, 3.63) is 96.3 Å². The molecule has 0 bridgehead atoms. The Morgan fingerprint density at radius 2 is 1.57 bits per heavy atom. The molecular weight excluding hydrogens is 376 g/mol. The molecule has 30 heavy (non-hydrogen) atoms. The quantitative estimate of drug-likeness (QED) is 0.395. The van der Waals surface area contributed by atoms with Crippen molar-refractivity contribution in [3.63, 3.8) is 0 Å². The van der Waals surface area contributed by atoms with Crippen LogP contribution in [0, 0.1) is 0 Å². The second-order valence-electron chi connectivity index (χ2n) is 6.87. The van der Waals surface area contributed by atoms with E-state index in [9.17, 15) is 4.79 Å². The van der Waals surface area contributed by atoms with Crippen LogP contribution in [-0.4, -0.2) is 22.4 Å². The average molecular weight is 398 g/mol. The molecule has 0 saturated heterocycles. The summed E-state index contributed by atoms with van der Waals surface area (Å²) < 4.78 is 13.0. The van der Waals surface area contributed by atoms with Crippen LogP contribution in [0.1, 0.15) is 23.0 Å². The van der Waals surface area contributed by atoms with Crippen molar-refractivity contribution in [2.45, 2.75) is 13.5 Å². The van der Waals surface area contributed by atoms with Crippen LogP contribution in [-0.2, 0) is 6.61 Å². The Kier molecular flexibility index (Phi) is 5.61. The molecule has 5 nitrogen and oxygen atoms in total. The highest BCUT2D eigenvalue weighted by Crippen LogP contribution is 2.26. The molecular formula is C25H22N2O3. The third kappa shape index (κ3) is 4.25. The second kappa shape index (κ2) is 8.66. The van der Waals surface area contributed by atoms with Crippen LogP contribution in [0.15, 0.2) is 85.1 Å². The number of methoxy groups -OCH3 is 1. The van der Waals surface area contributed by atoms with Gasteiger partial charge in [-0.25, -0.2) is 4.98 Å². The highest BCUT2D eigenvalue weighted by Gasteiger charge is 2.14. The summed E-state index contributed by atoms with van der Waals surface area (Å²) in [7, 11) is 1.63. The van der Waals surface area contributed by atoms with E-state index in [0.29, 0.717) is 18.1 Å². The minimum atomic E-state index is -0.0775. The first kappa shape index (κ1) is 19.5. The molecule has 5 heteroatoms. The highest BCUT2D eigenvalue weighted by atomic mass is 16.5.